The minimum absolute atomic E-state index is 0.257. The number of hydrogen-bond donors (Lipinski definition) is 0. The van der Waals surface area contributed by atoms with Crippen molar-refractivity contribution in [1.82, 2.24) is 4.90 Å². The second kappa shape index (κ2) is 6.02. The van der Waals surface area contributed by atoms with Crippen molar-refractivity contribution in [3.63, 3.8) is 0 Å². The molecule has 110 valence electrons. The molecule has 0 N–H and O–H groups in total. The molecule has 2 nitrogen and oxygen atoms in total. The first-order valence-electron chi connectivity index (χ1n) is 7.61. The zero-order valence-electron chi connectivity index (χ0n) is 12.6. The lowest BCUT2D eigenvalue weighted by Crippen LogP contribution is -2.40. The molecule has 0 radical (unpaired) electrons. The van der Waals surface area contributed by atoms with Crippen molar-refractivity contribution in [2.75, 3.05) is 6.54 Å². The first-order chi connectivity index (χ1) is 10.2. The number of carbonyl (C=O) groups is 1. The fourth-order valence-corrected chi connectivity index (χ4v) is 4.14. The molecule has 1 aliphatic rings. The molecule has 1 amide bonds. The Kier molecular flexibility index (Phi) is 4.11. The molecule has 2 aromatic rings. The number of benzene rings is 1. The predicted molar refractivity (Wildman–Crippen MR) is 87.7 cm³/mol. The van der Waals surface area contributed by atoms with Crippen LogP contribution in [-0.4, -0.2) is 17.4 Å². The van der Waals surface area contributed by atoms with Crippen LogP contribution < -0.4 is 0 Å². The number of carbonyl (C=O) groups excluding carboxylic acids is 1. The van der Waals surface area contributed by atoms with Gasteiger partial charge in [0.25, 0.3) is 0 Å². The normalized spacial score (nSPS) is 17.6. The third-order valence-corrected chi connectivity index (χ3v) is 5.40. The molecule has 1 atom stereocenters. The molecule has 0 fully saturated rings. The zero-order valence-corrected chi connectivity index (χ0v) is 13.5. The van der Waals surface area contributed by atoms with Crippen molar-refractivity contribution in [3.05, 3.63) is 57.3 Å². The summed E-state index contributed by atoms with van der Waals surface area (Å²) in [4.78, 5) is 16.3. The molecule has 0 bridgehead atoms. The van der Waals surface area contributed by atoms with Crippen molar-refractivity contribution in [2.45, 2.75) is 39.2 Å². The van der Waals surface area contributed by atoms with Gasteiger partial charge in [-0.2, -0.15) is 0 Å². The van der Waals surface area contributed by atoms with Crippen molar-refractivity contribution in [1.29, 1.82) is 0 Å². The summed E-state index contributed by atoms with van der Waals surface area (Å²) < 4.78 is 0. The number of fused-ring (bicyclic) bond motifs is 1. The second-order valence-electron chi connectivity index (χ2n) is 5.66. The monoisotopic (exact) mass is 299 g/mol. The van der Waals surface area contributed by atoms with E-state index in [0.29, 0.717) is 6.42 Å². The summed E-state index contributed by atoms with van der Waals surface area (Å²) in [5.41, 5.74) is 3.72. The predicted octanol–water partition coefficient (Wildman–Crippen LogP) is 4.14. The van der Waals surface area contributed by atoms with Crippen LogP contribution in [0.2, 0.25) is 0 Å². The maximum absolute atomic E-state index is 12.8. The highest BCUT2D eigenvalue weighted by atomic mass is 32.1. The molecule has 21 heavy (non-hydrogen) atoms. The Hall–Kier alpha value is -1.61. The Balaban J connectivity index is 1.80. The van der Waals surface area contributed by atoms with Gasteiger partial charge in [0.1, 0.15) is 0 Å². The summed E-state index contributed by atoms with van der Waals surface area (Å²) in [6.45, 7) is 5.11. The Bertz CT molecular complexity index is 646. The van der Waals surface area contributed by atoms with Crippen LogP contribution in [0.25, 0.3) is 0 Å². The number of aryl methyl sites for hydroxylation is 1. The lowest BCUT2D eigenvalue weighted by atomic mass is 9.96. The number of nitrogens with zero attached hydrogens (tertiary/aromatic N) is 1. The summed E-state index contributed by atoms with van der Waals surface area (Å²) in [5, 5.41) is 2.16. The molecule has 0 saturated heterocycles. The highest BCUT2D eigenvalue weighted by molar-refractivity contribution is 7.10. The summed E-state index contributed by atoms with van der Waals surface area (Å²) in [7, 11) is 0. The molecule has 0 saturated carbocycles. The number of rotatable bonds is 3. The van der Waals surface area contributed by atoms with Gasteiger partial charge in [0.2, 0.25) is 5.91 Å². The van der Waals surface area contributed by atoms with E-state index in [2.05, 4.69) is 42.3 Å². The fraction of sp³-hybridized carbons (Fsp3) is 0.389. The SMILES string of the molecule is CCC1c2ccsc2CCN1C(=O)Cc1ccccc1C. The summed E-state index contributed by atoms with van der Waals surface area (Å²) in [5.74, 6) is 0.257. The molecule has 3 heteroatoms. The quantitative estimate of drug-likeness (QED) is 0.834. The summed E-state index contributed by atoms with van der Waals surface area (Å²) in [6, 6.07) is 10.6. The van der Waals surface area contributed by atoms with Crippen molar-refractivity contribution in [2.24, 2.45) is 0 Å². The number of hydrogen-bond acceptors (Lipinski definition) is 2. The van der Waals surface area contributed by atoms with Gasteiger partial charge in [0, 0.05) is 11.4 Å². The van der Waals surface area contributed by atoms with Crippen LogP contribution in [0, 0.1) is 6.92 Å². The lowest BCUT2D eigenvalue weighted by molar-refractivity contribution is -0.133. The van der Waals surface area contributed by atoms with Crippen LogP contribution in [-0.2, 0) is 17.6 Å². The molecular weight excluding hydrogens is 278 g/mol. The average Bonchev–Trinajstić information content (AvgIpc) is 2.97. The fourth-order valence-electron chi connectivity index (χ4n) is 3.21. The highest BCUT2D eigenvalue weighted by Gasteiger charge is 2.30. The Morgan fingerprint density at radius 3 is 2.90 bits per heavy atom. The highest BCUT2D eigenvalue weighted by Crippen LogP contribution is 2.35. The van der Waals surface area contributed by atoms with Gasteiger partial charge in [-0.25, -0.2) is 0 Å². The molecule has 1 aromatic carbocycles. The molecule has 3 rings (SSSR count). The van der Waals surface area contributed by atoms with Crippen molar-refractivity contribution >= 4 is 17.2 Å². The topological polar surface area (TPSA) is 20.3 Å². The Morgan fingerprint density at radius 1 is 1.33 bits per heavy atom. The summed E-state index contributed by atoms with van der Waals surface area (Å²) >= 11 is 1.83. The molecular formula is C18H21NOS. The standard InChI is InChI=1S/C18H21NOS/c1-3-16-15-9-11-21-17(15)8-10-19(16)18(20)12-14-7-5-4-6-13(14)2/h4-7,9,11,16H,3,8,10,12H2,1-2H3. The van der Waals surface area contributed by atoms with E-state index in [0.717, 1.165) is 24.9 Å². The van der Waals surface area contributed by atoms with Gasteiger partial charge >= 0.3 is 0 Å². The number of thiophene rings is 1. The van der Waals surface area contributed by atoms with Gasteiger partial charge in [-0.3, -0.25) is 4.79 Å². The van der Waals surface area contributed by atoms with Crippen LogP contribution in [0.1, 0.15) is 41.0 Å². The first kappa shape index (κ1) is 14.3. The molecule has 1 aliphatic heterocycles. The van der Waals surface area contributed by atoms with Gasteiger partial charge in [0.05, 0.1) is 12.5 Å². The third-order valence-electron chi connectivity index (χ3n) is 4.40. The van der Waals surface area contributed by atoms with Gasteiger partial charge in [0.15, 0.2) is 0 Å². The van der Waals surface area contributed by atoms with Crippen LogP contribution in [0.5, 0.6) is 0 Å². The summed E-state index contributed by atoms with van der Waals surface area (Å²) in [6.07, 6.45) is 2.51. The largest absolute Gasteiger partial charge is 0.335 e. The maximum atomic E-state index is 12.8. The minimum Gasteiger partial charge on any atom is -0.335 e. The molecule has 2 heterocycles. The smallest absolute Gasteiger partial charge is 0.227 e. The Morgan fingerprint density at radius 2 is 2.14 bits per heavy atom. The van der Waals surface area contributed by atoms with Gasteiger partial charge in [-0.15, -0.1) is 11.3 Å². The van der Waals surface area contributed by atoms with E-state index < -0.39 is 0 Å². The van der Waals surface area contributed by atoms with Crippen LogP contribution in [0.3, 0.4) is 0 Å². The lowest BCUT2D eigenvalue weighted by Gasteiger charge is -2.35. The molecule has 0 aliphatic carbocycles. The van der Waals surface area contributed by atoms with Gasteiger partial charge < -0.3 is 4.90 Å². The maximum Gasteiger partial charge on any atom is 0.227 e. The first-order valence-corrected chi connectivity index (χ1v) is 8.49. The van der Waals surface area contributed by atoms with E-state index in [-0.39, 0.29) is 11.9 Å². The van der Waals surface area contributed by atoms with Gasteiger partial charge in [-0.1, -0.05) is 31.2 Å². The van der Waals surface area contributed by atoms with Crippen molar-refractivity contribution < 1.29 is 4.79 Å². The van der Waals surface area contributed by atoms with Crippen LogP contribution in [0.15, 0.2) is 35.7 Å². The third kappa shape index (κ3) is 2.75. The zero-order chi connectivity index (χ0) is 14.8. The van der Waals surface area contributed by atoms with E-state index in [4.69, 9.17) is 0 Å². The molecule has 0 spiro atoms. The molecule has 1 unspecified atom stereocenters. The number of amides is 1. The molecule has 1 aromatic heterocycles. The Labute approximate surface area is 130 Å². The van der Waals surface area contributed by atoms with E-state index >= 15 is 0 Å². The van der Waals surface area contributed by atoms with E-state index in [1.807, 2.05) is 23.5 Å². The van der Waals surface area contributed by atoms with Crippen LogP contribution in [0.4, 0.5) is 0 Å². The van der Waals surface area contributed by atoms with E-state index in [9.17, 15) is 4.79 Å². The minimum atomic E-state index is 0.257. The van der Waals surface area contributed by atoms with Crippen molar-refractivity contribution in [3.8, 4) is 0 Å². The van der Waals surface area contributed by atoms with E-state index in [1.165, 1.54) is 16.0 Å². The average molecular weight is 299 g/mol. The second-order valence-corrected chi connectivity index (χ2v) is 6.66. The van der Waals surface area contributed by atoms with E-state index in [1.54, 1.807) is 0 Å². The van der Waals surface area contributed by atoms with Gasteiger partial charge in [-0.05, 0) is 47.9 Å². The van der Waals surface area contributed by atoms with Crippen LogP contribution >= 0.6 is 11.3 Å².